The van der Waals surface area contributed by atoms with E-state index in [9.17, 15) is 4.79 Å². The molecule has 0 aromatic rings. The molecule has 1 amide bonds. The van der Waals surface area contributed by atoms with Crippen LogP contribution in [0.15, 0.2) is 0 Å². The van der Waals surface area contributed by atoms with Crippen molar-refractivity contribution in [3.63, 3.8) is 0 Å². The fourth-order valence-corrected chi connectivity index (χ4v) is 1.18. The molecular formula is C6H11ClNO2+. The fourth-order valence-electron chi connectivity index (χ4n) is 0.991. The Labute approximate surface area is 64.9 Å². The third-order valence-electron chi connectivity index (χ3n) is 1.61. The van der Waals surface area contributed by atoms with Crippen LogP contribution >= 0.6 is 11.6 Å². The molecule has 1 saturated heterocycles. The van der Waals surface area contributed by atoms with Crippen LogP contribution in [0.25, 0.3) is 0 Å². The number of hydrogen-bond donors (Lipinski definition) is 1. The van der Waals surface area contributed by atoms with Crippen LogP contribution in [0.5, 0.6) is 0 Å². The average Bonchev–Trinajstić information content (AvgIpc) is 2.05. The van der Waals surface area contributed by atoms with Gasteiger partial charge in [0, 0.05) is 0 Å². The highest BCUT2D eigenvalue weighted by Gasteiger charge is 2.20. The third kappa shape index (κ3) is 1.94. The molecule has 0 spiro atoms. The van der Waals surface area contributed by atoms with Crippen molar-refractivity contribution in [2.24, 2.45) is 0 Å². The van der Waals surface area contributed by atoms with Crippen molar-refractivity contribution in [3.8, 4) is 0 Å². The molecule has 0 saturated carbocycles. The number of carbonyl (C=O) groups excluding carboxylic acids is 1. The zero-order chi connectivity index (χ0) is 7.40. The van der Waals surface area contributed by atoms with Crippen molar-refractivity contribution >= 4 is 17.5 Å². The first-order chi connectivity index (χ1) is 4.84. The van der Waals surface area contributed by atoms with Crippen LogP contribution in [0.1, 0.15) is 0 Å². The maximum atomic E-state index is 10.9. The van der Waals surface area contributed by atoms with Gasteiger partial charge in [0.05, 0.1) is 13.2 Å². The van der Waals surface area contributed by atoms with Gasteiger partial charge in [0.1, 0.15) is 19.0 Å². The number of ether oxygens (including phenoxy) is 1. The lowest BCUT2D eigenvalue weighted by molar-refractivity contribution is -0.829. The molecule has 0 bridgehead atoms. The van der Waals surface area contributed by atoms with Gasteiger partial charge < -0.3 is 4.74 Å². The van der Waals surface area contributed by atoms with Crippen molar-refractivity contribution in [2.45, 2.75) is 0 Å². The average molecular weight is 165 g/mol. The lowest BCUT2D eigenvalue weighted by atomic mass is 10.4. The maximum absolute atomic E-state index is 10.9. The zero-order valence-corrected chi connectivity index (χ0v) is 6.49. The minimum atomic E-state index is 0.0879. The topological polar surface area (TPSA) is 30.7 Å². The van der Waals surface area contributed by atoms with Crippen molar-refractivity contribution in [3.05, 3.63) is 0 Å². The molecular weight excluding hydrogens is 154 g/mol. The number of rotatable bonds is 1. The highest BCUT2D eigenvalue weighted by Crippen LogP contribution is 1.77. The van der Waals surface area contributed by atoms with E-state index in [-0.39, 0.29) is 11.8 Å². The van der Waals surface area contributed by atoms with E-state index >= 15 is 0 Å². The van der Waals surface area contributed by atoms with E-state index in [1.165, 1.54) is 0 Å². The molecule has 0 unspecified atom stereocenters. The zero-order valence-electron chi connectivity index (χ0n) is 5.73. The number of morpholine rings is 1. The molecule has 1 aliphatic rings. The van der Waals surface area contributed by atoms with Gasteiger partial charge in [0.2, 0.25) is 0 Å². The maximum Gasteiger partial charge on any atom is 0.327 e. The van der Waals surface area contributed by atoms with Gasteiger partial charge in [-0.2, -0.15) is 0 Å². The van der Waals surface area contributed by atoms with E-state index < -0.39 is 0 Å². The van der Waals surface area contributed by atoms with Crippen LogP contribution in [0.3, 0.4) is 0 Å². The minimum Gasteiger partial charge on any atom is -0.370 e. The van der Waals surface area contributed by atoms with Crippen molar-refractivity contribution in [2.75, 3.05) is 32.2 Å². The summed E-state index contributed by atoms with van der Waals surface area (Å²) in [6.07, 6.45) is 0. The summed E-state index contributed by atoms with van der Waals surface area (Å²) < 4.78 is 5.08. The van der Waals surface area contributed by atoms with Crippen molar-refractivity contribution in [1.29, 1.82) is 0 Å². The lowest BCUT2D eigenvalue weighted by Gasteiger charge is -2.20. The molecule has 1 rings (SSSR count). The monoisotopic (exact) mass is 164 g/mol. The van der Waals surface area contributed by atoms with Crippen LogP contribution in [-0.2, 0) is 9.53 Å². The number of carbonyl (C=O) groups is 1. The van der Waals surface area contributed by atoms with Gasteiger partial charge in [-0.25, -0.2) is 4.79 Å². The largest absolute Gasteiger partial charge is 0.370 e. The smallest absolute Gasteiger partial charge is 0.327 e. The van der Waals surface area contributed by atoms with Crippen molar-refractivity contribution in [1.82, 2.24) is 0 Å². The van der Waals surface area contributed by atoms with E-state index in [1.54, 1.807) is 0 Å². The summed E-state index contributed by atoms with van der Waals surface area (Å²) in [5, 5.41) is 0. The lowest BCUT2D eigenvalue weighted by Crippen LogP contribution is -3.16. The molecule has 1 fully saturated rings. The fraction of sp³-hybridized carbons (Fsp3) is 0.833. The van der Waals surface area contributed by atoms with Gasteiger partial charge in [0.15, 0.2) is 0 Å². The number of nitrogens with one attached hydrogen (secondary N) is 1. The third-order valence-corrected chi connectivity index (χ3v) is 1.85. The molecule has 10 heavy (non-hydrogen) atoms. The Morgan fingerprint density at radius 2 is 2.10 bits per heavy atom. The first-order valence-corrected chi connectivity index (χ1v) is 3.89. The van der Waals surface area contributed by atoms with Gasteiger partial charge in [0.25, 0.3) is 0 Å². The summed E-state index contributed by atoms with van der Waals surface area (Å²) in [7, 11) is 0. The molecule has 0 aromatic carbocycles. The molecule has 58 valence electrons. The second kappa shape index (κ2) is 3.91. The molecule has 0 aliphatic carbocycles. The Morgan fingerprint density at radius 3 is 2.60 bits per heavy atom. The van der Waals surface area contributed by atoms with Crippen molar-refractivity contribution < 1.29 is 14.4 Å². The van der Waals surface area contributed by atoms with E-state index in [0.29, 0.717) is 13.2 Å². The standard InChI is InChI=1S/C6H10ClNO2/c7-5-6(9)8-1-3-10-4-2-8/h1-5H2/p+1. The van der Waals surface area contributed by atoms with Crippen LogP contribution in [0.2, 0.25) is 0 Å². The number of alkyl halides is 1. The van der Waals surface area contributed by atoms with Gasteiger partial charge in [-0.05, 0) is 0 Å². The highest BCUT2D eigenvalue weighted by molar-refractivity contribution is 6.26. The summed E-state index contributed by atoms with van der Waals surface area (Å²) in [6, 6.07) is 0. The van der Waals surface area contributed by atoms with Crippen LogP contribution in [0.4, 0.5) is 0 Å². The Hall–Kier alpha value is -0.120. The summed E-state index contributed by atoms with van der Waals surface area (Å²) in [5.41, 5.74) is 0. The Kier molecular flexibility index (Phi) is 3.12. The molecule has 1 N–H and O–H groups in total. The number of amides is 1. The summed E-state index contributed by atoms with van der Waals surface area (Å²) in [5.74, 6) is 0.208. The highest BCUT2D eigenvalue weighted by atomic mass is 35.5. The quantitative estimate of drug-likeness (QED) is 0.487. The van der Waals surface area contributed by atoms with E-state index in [4.69, 9.17) is 16.3 Å². The predicted octanol–water partition coefficient (Wildman–Crippen LogP) is -1.33. The Balaban J connectivity index is 2.31. The summed E-state index contributed by atoms with van der Waals surface area (Å²) >= 11 is 5.37. The molecule has 4 heteroatoms. The van der Waals surface area contributed by atoms with Gasteiger partial charge in [-0.3, -0.25) is 4.90 Å². The molecule has 1 heterocycles. The first kappa shape index (κ1) is 7.98. The van der Waals surface area contributed by atoms with E-state index in [0.717, 1.165) is 18.0 Å². The molecule has 0 atom stereocenters. The Morgan fingerprint density at radius 1 is 1.50 bits per heavy atom. The summed E-state index contributed by atoms with van der Waals surface area (Å²) in [4.78, 5) is 11.9. The molecule has 0 radical (unpaired) electrons. The number of hydrogen-bond acceptors (Lipinski definition) is 2. The van der Waals surface area contributed by atoms with Crippen LogP contribution in [-0.4, -0.2) is 38.1 Å². The van der Waals surface area contributed by atoms with E-state index in [1.807, 2.05) is 0 Å². The second-order valence-electron chi connectivity index (χ2n) is 2.27. The van der Waals surface area contributed by atoms with Gasteiger partial charge in [-0.1, -0.05) is 0 Å². The predicted molar refractivity (Wildman–Crippen MR) is 37.2 cm³/mol. The number of halogens is 1. The second-order valence-corrected chi connectivity index (χ2v) is 2.54. The van der Waals surface area contributed by atoms with Crippen LogP contribution < -0.4 is 4.90 Å². The SMILES string of the molecule is O=C(CCl)[NH+]1CCOCC1. The number of quaternary nitrogens is 1. The van der Waals surface area contributed by atoms with Gasteiger partial charge >= 0.3 is 5.91 Å². The van der Waals surface area contributed by atoms with E-state index in [2.05, 4.69) is 0 Å². The molecule has 1 aliphatic heterocycles. The minimum absolute atomic E-state index is 0.0879. The van der Waals surface area contributed by atoms with Crippen LogP contribution in [0, 0.1) is 0 Å². The first-order valence-electron chi connectivity index (χ1n) is 3.36. The molecule has 0 aromatic heterocycles. The Bertz CT molecular complexity index is 123. The summed E-state index contributed by atoms with van der Waals surface area (Å²) in [6.45, 7) is 2.90. The molecule has 3 nitrogen and oxygen atoms in total. The normalized spacial score (nSPS) is 20.9. The van der Waals surface area contributed by atoms with Gasteiger partial charge in [-0.15, -0.1) is 11.6 Å².